The van der Waals surface area contributed by atoms with Gasteiger partial charge in [0, 0.05) is 12.1 Å². The third-order valence-corrected chi connectivity index (χ3v) is 4.52. The molecule has 0 saturated heterocycles. The molecule has 1 nitrogen and oxygen atoms in total. The smallest absolute Gasteiger partial charge is 0.311 e. The van der Waals surface area contributed by atoms with Crippen LogP contribution >= 0.6 is 11.8 Å². The first-order chi connectivity index (χ1) is 8.45. The molecule has 18 heavy (non-hydrogen) atoms. The molecule has 3 atom stereocenters. The lowest BCUT2D eigenvalue weighted by atomic mass is 9.83. The molecule has 5 heteroatoms. The van der Waals surface area contributed by atoms with Crippen LogP contribution in [0.15, 0.2) is 0 Å². The molecule has 0 aromatic carbocycles. The van der Waals surface area contributed by atoms with Gasteiger partial charge in [0.25, 0.3) is 0 Å². The summed E-state index contributed by atoms with van der Waals surface area (Å²) in [5.41, 5.74) is 0. The van der Waals surface area contributed by atoms with Crippen molar-refractivity contribution in [3.05, 3.63) is 0 Å². The summed E-state index contributed by atoms with van der Waals surface area (Å²) < 4.78 is 38.7. The second-order valence-electron chi connectivity index (χ2n) is 5.09. The molecule has 1 rings (SSSR count). The molecular weight excluding hydrogens is 259 g/mol. The molecule has 0 amide bonds. The molecule has 0 heterocycles. The summed E-state index contributed by atoms with van der Waals surface area (Å²) in [5.74, 6) is 0.947. The number of hydrogen-bond acceptors (Lipinski definition) is 2. The minimum absolute atomic E-state index is 0.178. The number of nitrogens with one attached hydrogen (secondary N) is 1. The fourth-order valence-corrected chi connectivity index (χ4v) is 3.38. The molecule has 0 aliphatic heterocycles. The fraction of sp³-hybridized carbons (Fsp3) is 1.00. The van der Waals surface area contributed by atoms with Crippen LogP contribution in [-0.2, 0) is 0 Å². The summed E-state index contributed by atoms with van der Waals surface area (Å²) in [5, 5.41) is 3.20. The average molecular weight is 283 g/mol. The van der Waals surface area contributed by atoms with Gasteiger partial charge in [0.2, 0.25) is 0 Å². The molecule has 1 aliphatic rings. The van der Waals surface area contributed by atoms with Crippen LogP contribution in [0.4, 0.5) is 13.2 Å². The second-order valence-corrected chi connectivity index (χ2v) is 6.49. The van der Waals surface area contributed by atoms with E-state index in [9.17, 15) is 13.2 Å². The highest BCUT2D eigenvalue weighted by Crippen LogP contribution is 2.37. The molecule has 0 aromatic rings. The first kappa shape index (κ1) is 16.2. The zero-order valence-electron chi connectivity index (χ0n) is 11.2. The molecule has 0 aromatic heterocycles. The first-order valence-electron chi connectivity index (χ1n) is 6.85. The van der Waals surface area contributed by atoms with E-state index in [-0.39, 0.29) is 18.5 Å². The first-order valence-corrected chi connectivity index (χ1v) is 8.01. The van der Waals surface area contributed by atoms with Gasteiger partial charge in [0.15, 0.2) is 0 Å². The van der Waals surface area contributed by atoms with Crippen molar-refractivity contribution in [2.24, 2.45) is 5.92 Å². The van der Waals surface area contributed by atoms with Gasteiger partial charge in [0.05, 0.1) is 5.92 Å². The second kappa shape index (κ2) is 7.63. The Morgan fingerprint density at radius 1 is 1.28 bits per heavy atom. The van der Waals surface area contributed by atoms with Crippen molar-refractivity contribution >= 4 is 11.8 Å². The summed E-state index contributed by atoms with van der Waals surface area (Å²) in [6.07, 6.45) is -0.522. The molecule has 1 N–H and O–H groups in total. The zero-order chi connectivity index (χ0) is 13.6. The molecule has 0 bridgehead atoms. The van der Waals surface area contributed by atoms with Gasteiger partial charge in [-0.15, -0.1) is 0 Å². The van der Waals surface area contributed by atoms with E-state index in [1.807, 2.05) is 18.7 Å². The van der Waals surface area contributed by atoms with Crippen molar-refractivity contribution in [3.8, 4) is 0 Å². The summed E-state index contributed by atoms with van der Waals surface area (Å²) in [7, 11) is 0. The van der Waals surface area contributed by atoms with E-state index < -0.39 is 12.1 Å². The Kier molecular flexibility index (Phi) is 6.85. The van der Waals surface area contributed by atoms with E-state index in [0.29, 0.717) is 12.8 Å². The van der Waals surface area contributed by atoms with E-state index >= 15 is 0 Å². The van der Waals surface area contributed by atoms with E-state index in [2.05, 4.69) is 12.2 Å². The van der Waals surface area contributed by atoms with Crippen LogP contribution in [0.2, 0.25) is 0 Å². The highest BCUT2D eigenvalue weighted by molar-refractivity contribution is 7.99. The SMILES string of the molecule is CCSCCC(C)NC1CCCCC1C(F)(F)F. The van der Waals surface area contributed by atoms with Crippen LogP contribution in [0.1, 0.15) is 46.0 Å². The van der Waals surface area contributed by atoms with Gasteiger partial charge in [0.1, 0.15) is 0 Å². The predicted octanol–water partition coefficient (Wildman–Crippen LogP) is 4.23. The molecule has 0 spiro atoms. The summed E-state index contributed by atoms with van der Waals surface area (Å²) in [6, 6.07) is -0.197. The molecule has 1 aliphatic carbocycles. The van der Waals surface area contributed by atoms with Crippen molar-refractivity contribution in [2.45, 2.75) is 64.2 Å². The maximum absolute atomic E-state index is 12.9. The van der Waals surface area contributed by atoms with E-state index in [0.717, 1.165) is 24.3 Å². The van der Waals surface area contributed by atoms with Gasteiger partial charge >= 0.3 is 6.18 Å². The lowest BCUT2D eigenvalue weighted by molar-refractivity contribution is -0.189. The van der Waals surface area contributed by atoms with Crippen molar-refractivity contribution in [2.75, 3.05) is 11.5 Å². The molecule has 3 unspecified atom stereocenters. The summed E-state index contributed by atoms with van der Waals surface area (Å²) in [4.78, 5) is 0. The highest BCUT2D eigenvalue weighted by Gasteiger charge is 2.45. The Bertz CT molecular complexity index is 233. The maximum Gasteiger partial charge on any atom is 0.393 e. The zero-order valence-corrected chi connectivity index (χ0v) is 12.0. The van der Waals surface area contributed by atoms with Crippen LogP contribution in [0.5, 0.6) is 0 Å². The van der Waals surface area contributed by atoms with Gasteiger partial charge in [-0.25, -0.2) is 0 Å². The number of halogens is 3. The van der Waals surface area contributed by atoms with Crippen molar-refractivity contribution < 1.29 is 13.2 Å². The number of hydrogen-bond donors (Lipinski definition) is 1. The summed E-state index contributed by atoms with van der Waals surface area (Å²) >= 11 is 1.84. The topological polar surface area (TPSA) is 12.0 Å². The van der Waals surface area contributed by atoms with Gasteiger partial charge in [-0.3, -0.25) is 0 Å². The number of alkyl halides is 3. The highest BCUT2D eigenvalue weighted by atomic mass is 32.2. The van der Waals surface area contributed by atoms with Crippen LogP contribution < -0.4 is 5.32 Å². The van der Waals surface area contributed by atoms with Crippen LogP contribution in [-0.4, -0.2) is 29.8 Å². The molecule has 1 saturated carbocycles. The van der Waals surface area contributed by atoms with Gasteiger partial charge < -0.3 is 5.32 Å². The monoisotopic (exact) mass is 283 g/mol. The predicted molar refractivity (Wildman–Crippen MR) is 72.0 cm³/mol. The largest absolute Gasteiger partial charge is 0.393 e. The minimum atomic E-state index is -4.05. The van der Waals surface area contributed by atoms with Crippen LogP contribution in [0.3, 0.4) is 0 Å². The third-order valence-electron chi connectivity index (χ3n) is 3.58. The molecule has 108 valence electrons. The normalized spacial score (nSPS) is 27.2. The number of rotatable bonds is 6. The lowest BCUT2D eigenvalue weighted by Gasteiger charge is -2.35. The Morgan fingerprint density at radius 3 is 2.56 bits per heavy atom. The quantitative estimate of drug-likeness (QED) is 0.732. The van der Waals surface area contributed by atoms with Crippen molar-refractivity contribution in [1.29, 1.82) is 0 Å². The van der Waals surface area contributed by atoms with Crippen molar-refractivity contribution in [3.63, 3.8) is 0 Å². The van der Waals surface area contributed by atoms with Crippen LogP contribution in [0, 0.1) is 5.92 Å². The third kappa shape index (κ3) is 5.39. The minimum Gasteiger partial charge on any atom is -0.311 e. The number of thioether (sulfide) groups is 1. The van der Waals surface area contributed by atoms with Gasteiger partial charge in [-0.1, -0.05) is 19.8 Å². The lowest BCUT2D eigenvalue weighted by Crippen LogP contribution is -2.48. The molecular formula is C13H24F3NS. The Hall–Kier alpha value is 0.100. The Morgan fingerprint density at radius 2 is 1.94 bits per heavy atom. The van der Waals surface area contributed by atoms with E-state index in [1.54, 1.807) is 0 Å². The van der Waals surface area contributed by atoms with Gasteiger partial charge in [-0.05, 0) is 37.7 Å². The van der Waals surface area contributed by atoms with Crippen LogP contribution in [0.25, 0.3) is 0 Å². The average Bonchev–Trinajstić information content (AvgIpc) is 2.28. The Balaban J connectivity index is 2.41. The molecule has 1 fully saturated rings. The standard InChI is InChI=1S/C13H24F3NS/c1-3-18-9-8-10(2)17-12-7-5-4-6-11(12)13(14,15)16/h10-12,17H,3-9H2,1-2H3. The van der Waals surface area contributed by atoms with Crippen molar-refractivity contribution in [1.82, 2.24) is 5.32 Å². The molecule has 0 radical (unpaired) electrons. The van der Waals surface area contributed by atoms with Gasteiger partial charge in [-0.2, -0.15) is 24.9 Å². The summed E-state index contributed by atoms with van der Waals surface area (Å²) in [6.45, 7) is 4.10. The van der Waals surface area contributed by atoms with E-state index in [4.69, 9.17) is 0 Å². The van der Waals surface area contributed by atoms with E-state index in [1.165, 1.54) is 0 Å². The fourth-order valence-electron chi connectivity index (χ4n) is 2.58. The Labute approximate surface area is 112 Å². The maximum atomic E-state index is 12.9.